The van der Waals surface area contributed by atoms with Crippen LogP contribution in [0.4, 0.5) is 0 Å². The Morgan fingerprint density at radius 2 is 2.13 bits per heavy atom. The molecule has 2 unspecified atom stereocenters. The normalized spacial score (nSPS) is 20.2. The first-order chi connectivity index (χ1) is 11.0. The van der Waals surface area contributed by atoms with Crippen molar-refractivity contribution in [2.45, 2.75) is 58.7 Å². The number of piperidine rings is 1. The highest BCUT2D eigenvalue weighted by Gasteiger charge is 2.17. The Balaban J connectivity index is 1.88. The Morgan fingerprint density at radius 1 is 1.39 bits per heavy atom. The molecule has 1 saturated heterocycles. The summed E-state index contributed by atoms with van der Waals surface area (Å²) in [6.45, 7) is 8.21. The number of benzene rings is 1. The molecule has 1 amide bonds. The molecule has 128 valence electrons. The van der Waals surface area contributed by atoms with Crippen molar-refractivity contribution in [3.05, 3.63) is 35.4 Å². The van der Waals surface area contributed by atoms with Gasteiger partial charge in [0, 0.05) is 32.1 Å². The molecule has 2 atom stereocenters. The zero-order chi connectivity index (χ0) is 16.7. The van der Waals surface area contributed by atoms with Crippen LogP contribution in [0.25, 0.3) is 0 Å². The molecule has 0 aliphatic carbocycles. The van der Waals surface area contributed by atoms with E-state index in [1.807, 2.05) is 13.0 Å². The van der Waals surface area contributed by atoms with Crippen molar-refractivity contribution in [1.82, 2.24) is 10.2 Å². The van der Waals surface area contributed by atoms with Crippen LogP contribution >= 0.6 is 0 Å². The zero-order valence-electron chi connectivity index (χ0n) is 14.6. The van der Waals surface area contributed by atoms with E-state index in [0.717, 1.165) is 18.9 Å². The third-order valence-corrected chi connectivity index (χ3v) is 4.56. The fourth-order valence-electron chi connectivity index (χ4n) is 3.20. The van der Waals surface area contributed by atoms with Gasteiger partial charge in [0.15, 0.2) is 0 Å². The molecule has 23 heavy (non-hydrogen) atoms. The van der Waals surface area contributed by atoms with Gasteiger partial charge >= 0.3 is 0 Å². The van der Waals surface area contributed by atoms with E-state index in [-0.39, 0.29) is 11.9 Å². The van der Waals surface area contributed by atoms with Crippen LogP contribution < -0.4 is 11.1 Å². The van der Waals surface area contributed by atoms with Crippen LogP contribution in [0.15, 0.2) is 24.3 Å². The topological polar surface area (TPSA) is 58.4 Å². The monoisotopic (exact) mass is 317 g/mol. The van der Waals surface area contributed by atoms with E-state index in [0.29, 0.717) is 13.0 Å². The van der Waals surface area contributed by atoms with E-state index >= 15 is 0 Å². The molecule has 1 heterocycles. The third-order valence-electron chi connectivity index (χ3n) is 4.56. The Hall–Kier alpha value is -1.39. The van der Waals surface area contributed by atoms with Gasteiger partial charge in [-0.2, -0.15) is 0 Å². The summed E-state index contributed by atoms with van der Waals surface area (Å²) in [5, 5.41) is 3.03. The van der Waals surface area contributed by atoms with E-state index in [4.69, 9.17) is 5.73 Å². The van der Waals surface area contributed by atoms with Crippen molar-refractivity contribution < 1.29 is 4.79 Å². The second-order valence-corrected chi connectivity index (χ2v) is 7.04. The van der Waals surface area contributed by atoms with E-state index in [2.05, 4.69) is 35.3 Å². The van der Waals surface area contributed by atoms with Gasteiger partial charge in [-0.3, -0.25) is 9.69 Å². The van der Waals surface area contributed by atoms with Gasteiger partial charge in [-0.1, -0.05) is 31.2 Å². The summed E-state index contributed by atoms with van der Waals surface area (Å²) in [5.74, 6) is 0.873. The number of nitrogens with one attached hydrogen (secondary N) is 1. The Labute approximate surface area is 140 Å². The minimum Gasteiger partial charge on any atom is -0.352 e. The average Bonchev–Trinajstić information content (AvgIpc) is 2.52. The van der Waals surface area contributed by atoms with Gasteiger partial charge in [0.05, 0.1) is 0 Å². The maximum atomic E-state index is 11.9. The van der Waals surface area contributed by atoms with Crippen molar-refractivity contribution >= 4 is 5.91 Å². The molecule has 1 aliphatic rings. The molecule has 2 rings (SSSR count). The lowest BCUT2D eigenvalue weighted by atomic mass is 9.99. The fourth-order valence-corrected chi connectivity index (χ4v) is 3.20. The van der Waals surface area contributed by atoms with Gasteiger partial charge < -0.3 is 11.1 Å². The number of hydrogen-bond acceptors (Lipinski definition) is 3. The molecule has 1 aromatic carbocycles. The predicted molar refractivity (Wildman–Crippen MR) is 94.8 cm³/mol. The fraction of sp³-hybridized carbons (Fsp3) is 0.632. The van der Waals surface area contributed by atoms with Gasteiger partial charge in [-0.25, -0.2) is 0 Å². The van der Waals surface area contributed by atoms with E-state index in [1.165, 1.54) is 37.1 Å². The highest BCUT2D eigenvalue weighted by molar-refractivity contribution is 5.75. The molecule has 0 spiro atoms. The third kappa shape index (κ3) is 6.32. The van der Waals surface area contributed by atoms with Gasteiger partial charge in [0.2, 0.25) is 5.91 Å². The van der Waals surface area contributed by atoms with Crippen LogP contribution in [0.5, 0.6) is 0 Å². The van der Waals surface area contributed by atoms with Crippen LogP contribution in [0, 0.1) is 5.92 Å². The lowest BCUT2D eigenvalue weighted by molar-refractivity contribution is -0.121. The second kappa shape index (κ2) is 9.04. The van der Waals surface area contributed by atoms with Crippen LogP contribution in [0.1, 0.15) is 50.7 Å². The van der Waals surface area contributed by atoms with E-state index in [1.54, 1.807) is 0 Å². The number of hydrogen-bond donors (Lipinski definition) is 2. The molecular formula is C19H31N3O. The SMILES string of the molecule is CC(N)CCC(=O)NCc1ccccc1CN1CCCC(C)C1. The minimum atomic E-state index is 0.0779. The standard InChI is InChI=1S/C19H31N3O/c1-15-6-5-11-22(13-15)14-18-8-4-3-7-17(18)12-21-19(23)10-9-16(2)20/h3-4,7-8,15-16H,5-6,9-14,20H2,1-2H3,(H,21,23). The summed E-state index contributed by atoms with van der Waals surface area (Å²) >= 11 is 0. The van der Waals surface area contributed by atoms with E-state index < -0.39 is 0 Å². The van der Waals surface area contributed by atoms with Crippen molar-refractivity contribution in [2.75, 3.05) is 13.1 Å². The summed E-state index contributed by atoms with van der Waals surface area (Å²) in [6, 6.07) is 8.52. The van der Waals surface area contributed by atoms with E-state index in [9.17, 15) is 4.79 Å². The number of likely N-dealkylation sites (tertiary alicyclic amines) is 1. The molecule has 3 N–H and O–H groups in total. The van der Waals surface area contributed by atoms with Crippen LogP contribution in [-0.4, -0.2) is 29.9 Å². The van der Waals surface area contributed by atoms with Gasteiger partial charge in [-0.05, 0) is 49.8 Å². The summed E-state index contributed by atoms with van der Waals surface area (Å²) in [7, 11) is 0. The predicted octanol–water partition coefficient (Wildman–Crippen LogP) is 2.66. The van der Waals surface area contributed by atoms with Crippen molar-refractivity contribution in [3.8, 4) is 0 Å². The molecule has 0 bridgehead atoms. The first kappa shape index (κ1) is 18.0. The Morgan fingerprint density at radius 3 is 2.83 bits per heavy atom. The molecule has 0 aromatic heterocycles. The number of nitrogens with two attached hydrogens (primary N) is 1. The second-order valence-electron chi connectivity index (χ2n) is 7.04. The van der Waals surface area contributed by atoms with Crippen LogP contribution in [0.3, 0.4) is 0 Å². The maximum Gasteiger partial charge on any atom is 0.220 e. The van der Waals surface area contributed by atoms with Crippen LogP contribution in [0.2, 0.25) is 0 Å². The molecule has 0 radical (unpaired) electrons. The average molecular weight is 317 g/mol. The number of carbonyl (C=O) groups is 1. The highest BCUT2D eigenvalue weighted by Crippen LogP contribution is 2.19. The molecule has 1 fully saturated rings. The van der Waals surface area contributed by atoms with Crippen LogP contribution in [-0.2, 0) is 17.9 Å². The Kier molecular flexibility index (Phi) is 7.06. The Bertz CT molecular complexity index is 501. The highest BCUT2D eigenvalue weighted by atomic mass is 16.1. The quantitative estimate of drug-likeness (QED) is 0.813. The first-order valence-electron chi connectivity index (χ1n) is 8.86. The first-order valence-corrected chi connectivity index (χ1v) is 8.86. The maximum absolute atomic E-state index is 11.9. The lowest BCUT2D eigenvalue weighted by Crippen LogP contribution is -2.34. The zero-order valence-corrected chi connectivity index (χ0v) is 14.6. The van der Waals surface area contributed by atoms with Crippen molar-refractivity contribution in [3.63, 3.8) is 0 Å². The molecule has 1 aromatic rings. The van der Waals surface area contributed by atoms with Gasteiger partial charge in [0.25, 0.3) is 0 Å². The van der Waals surface area contributed by atoms with Gasteiger partial charge in [0.1, 0.15) is 0 Å². The van der Waals surface area contributed by atoms with Crippen molar-refractivity contribution in [1.29, 1.82) is 0 Å². The molecule has 4 nitrogen and oxygen atoms in total. The number of carbonyl (C=O) groups excluding carboxylic acids is 1. The van der Waals surface area contributed by atoms with Gasteiger partial charge in [-0.15, -0.1) is 0 Å². The summed E-state index contributed by atoms with van der Waals surface area (Å²) < 4.78 is 0. The minimum absolute atomic E-state index is 0.0779. The number of nitrogens with zero attached hydrogens (tertiary/aromatic N) is 1. The molecular weight excluding hydrogens is 286 g/mol. The summed E-state index contributed by atoms with van der Waals surface area (Å²) in [4.78, 5) is 14.4. The summed E-state index contributed by atoms with van der Waals surface area (Å²) in [5.41, 5.74) is 8.25. The largest absolute Gasteiger partial charge is 0.352 e. The lowest BCUT2D eigenvalue weighted by Gasteiger charge is -2.31. The smallest absolute Gasteiger partial charge is 0.220 e. The number of rotatable bonds is 7. The molecule has 1 aliphatic heterocycles. The molecule has 4 heteroatoms. The number of amides is 1. The summed E-state index contributed by atoms with van der Waals surface area (Å²) in [6.07, 6.45) is 3.87. The molecule has 0 saturated carbocycles. The van der Waals surface area contributed by atoms with Crippen molar-refractivity contribution in [2.24, 2.45) is 11.7 Å².